The number of carboxylic acids is 1. The van der Waals surface area contributed by atoms with Crippen molar-refractivity contribution >= 4 is 11.9 Å². The quantitative estimate of drug-likeness (QED) is 0.819. The minimum atomic E-state index is -0.923. The lowest BCUT2D eigenvalue weighted by Crippen LogP contribution is -2.37. The molecular weight excluding hydrogens is 248 g/mol. The molecule has 1 fully saturated rings. The summed E-state index contributed by atoms with van der Waals surface area (Å²) in [5.41, 5.74) is -0.625. The number of hydrogen-bond acceptors (Lipinski definition) is 3. The van der Waals surface area contributed by atoms with Gasteiger partial charge in [-0.15, -0.1) is 0 Å². The highest BCUT2D eigenvalue weighted by atomic mass is 16.4. The number of nitrogens with zero attached hydrogens (tertiary/aromatic N) is 1. The maximum absolute atomic E-state index is 12.2. The SMILES string of the molecule is Cc1ccc(C(=O)N2CCC(C)(C(=O)O)C2)c(=O)[nH]1. The molecule has 1 aliphatic rings. The predicted octanol–water partition coefficient (Wildman–Crippen LogP) is 0.620. The fourth-order valence-electron chi connectivity index (χ4n) is 2.22. The Hall–Kier alpha value is -2.11. The van der Waals surface area contributed by atoms with Crippen molar-refractivity contribution in [2.75, 3.05) is 13.1 Å². The summed E-state index contributed by atoms with van der Waals surface area (Å²) in [7, 11) is 0. The zero-order valence-electron chi connectivity index (χ0n) is 10.9. The van der Waals surface area contributed by atoms with Crippen LogP contribution in [0.1, 0.15) is 29.4 Å². The molecule has 1 atom stereocenters. The van der Waals surface area contributed by atoms with Crippen LogP contribution in [0.5, 0.6) is 0 Å². The summed E-state index contributed by atoms with van der Waals surface area (Å²) < 4.78 is 0. The van der Waals surface area contributed by atoms with E-state index >= 15 is 0 Å². The molecule has 6 heteroatoms. The fraction of sp³-hybridized carbons (Fsp3) is 0.462. The lowest BCUT2D eigenvalue weighted by Gasteiger charge is -2.19. The molecule has 2 N–H and O–H groups in total. The Morgan fingerprint density at radius 2 is 2.11 bits per heavy atom. The molecule has 6 nitrogen and oxygen atoms in total. The monoisotopic (exact) mass is 264 g/mol. The smallest absolute Gasteiger partial charge is 0.311 e. The van der Waals surface area contributed by atoms with Crippen LogP contribution >= 0.6 is 0 Å². The van der Waals surface area contributed by atoms with E-state index in [1.807, 2.05) is 0 Å². The molecule has 1 aromatic heterocycles. The van der Waals surface area contributed by atoms with Crippen LogP contribution in [0.2, 0.25) is 0 Å². The number of hydrogen-bond donors (Lipinski definition) is 2. The van der Waals surface area contributed by atoms with E-state index in [4.69, 9.17) is 5.11 Å². The summed E-state index contributed by atoms with van der Waals surface area (Å²) in [5.74, 6) is -1.33. The van der Waals surface area contributed by atoms with Gasteiger partial charge in [-0.2, -0.15) is 0 Å². The molecule has 0 spiro atoms. The van der Waals surface area contributed by atoms with E-state index in [-0.39, 0.29) is 12.1 Å². The van der Waals surface area contributed by atoms with Gasteiger partial charge in [0.05, 0.1) is 5.41 Å². The second-order valence-corrected chi connectivity index (χ2v) is 5.23. The zero-order valence-corrected chi connectivity index (χ0v) is 10.9. The van der Waals surface area contributed by atoms with Crippen molar-refractivity contribution in [1.29, 1.82) is 0 Å². The van der Waals surface area contributed by atoms with Crippen LogP contribution in [-0.4, -0.2) is 40.0 Å². The molecule has 102 valence electrons. The molecule has 0 aromatic carbocycles. The Morgan fingerprint density at radius 3 is 2.63 bits per heavy atom. The number of likely N-dealkylation sites (tertiary alicyclic amines) is 1. The predicted molar refractivity (Wildman–Crippen MR) is 68.1 cm³/mol. The molecule has 19 heavy (non-hydrogen) atoms. The van der Waals surface area contributed by atoms with E-state index in [9.17, 15) is 14.4 Å². The van der Waals surface area contributed by atoms with Gasteiger partial charge in [0.25, 0.3) is 11.5 Å². The summed E-state index contributed by atoms with van der Waals surface area (Å²) in [5, 5.41) is 9.13. The van der Waals surface area contributed by atoms with E-state index in [1.165, 1.54) is 11.0 Å². The van der Waals surface area contributed by atoms with Crippen molar-refractivity contribution in [2.45, 2.75) is 20.3 Å². The Labute approximate surface area is 110 Å². The van der Waals surface area contributed by atoms with Crippen LogP contribution in [0.4, 0.5) is 0 Å². The van der Waals surface area contributed by atoms with Gasteiger partial charge in [0.15, 0.2) is 0 Å². The number of carboxylic acid groups (broad SMARTS) is 1. The number of pyridine rings is 1. The molecule has 1 aromatic rings. The number of aliphatic carboxylic acids is 1. The average Bonchev–Trinajstić information content (AvgIpc) is 2.73. The first-order valence-electron chi connectivity index (χ1n) is 6.06. The molecule has 2 rings (SSSR count). The van der Waals surface area contributed by atoms with Gasteiger partial charge in [0.1, 0.15) is 5.56 Å². The number of amides is 1. The normalized spacial score (nSPS) is 22.5. The summed E-state index contributed by atoms with van der Waals surface area (Å²) in [6.07, 6.45) is 0.401. The number of nitrogens with one attached hydrogen (secondary N) is 1. The zero-order chi connectivity index (χ0) is 14.2. The van der Waals surface area contributed by atoms with Crippen molar-refractivity contribution in [3.05, 3.63) is 33.7 Å². The molecule has 0 aliphatic carbocycles. The van der Waals surface area contributed by atoms with Gasteiger partial charge in [-0.1, -0.05) is 0 Å². The summed E-state index contributed by atoms with van der Waals surface area (Å²) in [4.78, 5) is 39.0. The molecule has 1 unspecified atom stereocenters. The van der Waals surface area contributed by atoms with Crippen LogP contribution in [0.25, 0.3) is 0 Å². The van der Waals surface area contributed by atoms with Crippen LogP contribution in [0, 0.1) is 12.3 Å². The van der Waals surface area contributed by atoms with E-state index in [2.05, 4.69) is 4.98 Å². The van der Waals surface area contributed by atoms with Gasteiger partial charge in [-0.25, -0.2) is 0 Å². The van der Waals surface area contributed by atoms with E-state index in [1.54, 1.807) is 19.9 Å². The largest absolute Gasteiger partial charge is 0.481 e. The van der Waals surface area contributed by atoms with Crippen molar-refractivity contribution in [3.63, 3.8) is 0 Å². The van der Waals surface area contributed by atoms with E-state index in [0.29, 0.717) is 18.7 Å². The number of carbonyl (C=O) groups is 2. The van der Waals surface area contributed by atoms with Crippen molar-refractivity contribution in [3.8, 4) is 0 Å². The lowest BCUT2D eigenvalue weighted by atomic mass is 9.90. The van der Waals surface area contributed by atoms with Crippen LogP contribution in [0.15, 0.2) is 16.9 Å². The third-order valence-electron chi connectivity index (χ3n) is 3.56. The molecule has 1 saturated heterocycles. The Morgan fingerprint density at radius 1 is 1.42 bits per heavy atom. The van der Waals surface area contributed by atoms with Gasteiger partial charge in [-0.3, -0.25) is 14.4 Å². The van der Waals surface area contributed by atoms with Crippen LogP contribution in [-0.2, 0) is 4.79 Å². The summed E-state index contributed by atoms with van der Waals surface area (Å²) in [6.45, 7) is 3.83. The minimum Gasteiger partial charge on any atom is -0.481 e. The second kappa shape index (κ2) is 4.53. The summed E-state index contributed by atoms with van der Waals surface area (Å²) >= 11 is 0. The third-order valence-corrected chi connectivity index (χ3v) is 3.56. The van der Waals surface area contributed by atoms with Gasteiger partial charge < -0.3 is 15.0 Å². The number of aromatic amines is 1. The Kier molecular flexibility index (Phi) is 3.18. The van der Waals surface area contributed by atoms with Crippen LogP contribution < -0.4 is 5.56 Å². The van der Waals surface area contributed by atoms with Gasteiger partial charge in [0, 0.05) is 18.8 Å². The van der Waals surface area contributed by atoms with Crippen LogP contribution in [0.3, 0.4) is 0 Å². The first-order valence-corrected chi connectivity index (χ1v) is 6.06. The first kappa shape index (κ1) is 13.3. The molecule has 0 bridgehead atoms. The summed E-state index contributed by atoms with van der Waals surface area (Å²) in [6, 6.07) is 3.13. The number of H-pyrrole nitrogens is 1. The molecule has 1 aliphatic heterocycles. The third kappa shape index (κ3) is 2.38. The van der Waals surface area contributed by atoms with Crippen molar-refractivity contribution in [2.24, 2.45) is 5.41 Å². The van der Waals surface area contributed by atoms with E-state index in [0.717, 1.165) is 0 Å². The maximum Gasteiger partial charge on any atom is 0.311 e. The number of aryl methyl sites for hydroxylation is 1. The first-order chi connectivity index (χ1) is 8.83. The molecular formula is C13H16N2O4. The highest BCUT2D eigenvalue weighted by molar-refractivity contribution is 5.94. The second-order valence-electron chi connectivity index (χ2n) is 5.23. The Balaban J connectivity index is 2.23. The standard InChI is InChI=1S/C13H16N2O4/c1-8-3-4-9(10(16)14-8)11(17)15-6-5-13(2,7-15)12(18)19/h3-4H,5-7H2,1-2H3,(H,14,16)(H,18,19). The van der Waals surface area contributed by atoms with Gasteiger partial charge in [0.2, 0.25) is 0 Å². The average molecular weight is 264 g/mol. The minimum absolute atomic E-state index is 0.0558. The van der Waals surface area contributed by atoms with Gasteiger partial charge >= 0.3 is 5.97 Å². The lowest BCUT2D eigenvalue weighted by molar-refractivity contribution is -0.147. The fourth-order valence-corrected chi connectivity index (χ4v) is 2.22. The molecule has 0 saturated carbocycles. The molecule has 0 radical (unpaired) electrons. The highest BCUT2D eigenvalue weighted by Crippen LogP contribution is 2.30. The number of rotatable bonds is 2. The highest BCUT2D eigenvalue weighted by Gasteiger charge is 2.42. The molecule has 1 amide bonds. The van der Waals surface area contributed by atoms with Gasteiger partial charge in [-0.05, 0) is 32.4 Å². The maximum atomic E-state index is 12.2. The van der Waals surface area contributed by atoms with E-state index < -0.39 is 22.9 Å². The Bertz CT molecular complexity index is 593. The topological polar surface area (TPSA) is 90.5 Å². The number of carbonyl (C=O) groups excluding carboxylic acids is 1. The number of aromatic nitrogens is 1. The molecule has 2 heterocycles. The van der Waals surface area contributed by atoms with Crippen molar-refractivity contribution < 1.29 is 14.7 Å². The van der Waals surface area contributed by atoms with Crippen molar-refractivity contribution in [1.82, 2.24) is 9.88 Å².